The van der Waals surface area contributed by atoms with Crippen LogP contribution in [-0.2, 0) is 16.4 Å². The summed E-state index contributed by atoms with van der Waals surface area (Å²) in [6.45, 7) is 0.518. The van der Waals surface area contributed by atoms with Crippen LogP contribution < -0.4 is 4.74 Å². The van der Waals surface area contributed by atoms with Crippen LogP contribution in [0.2, 0.25) is 0 Å². The van der Waals surface area contributed by atoms with E-state index >= 15 is 0 Å². The van der Waals surface area contributed by atoms with Crippen molar-refractivity contribution in [2.24, 2.45) is 0 Å². The van der Waals surface area contributed by atoms with Crippen molar-refractivity contribution in [2.75, 3.05) is 13.7 Å². The molecule has 3 heterocycles. The van der Waals surface area contributed by atoms with E-state index in [2.05, 4.69) is 15.1 Å². The Morgan fingerprint density at radius 1 is 1.21 bits per heavy atom. The summed E-state index contributed by atoms with van der Waals surface area (Å²) < 4.78 is 38.1. The fourth-order valence-electron chi connectivity index (χ4n) is 3.54. The highest BCUT2D eigenvalue weighted by Gasteiger charge is 2.35. The third kappa shape index (κ3) is 4.15. The van der Waals surface area contributed by atoms with Crippen LogP contribution >= 0.6 is 0 Å². The number of ether oxygens (including phenoxy) is 1. The van der Waals surface area contributed by atoms with Gasteiger partial charge in [-0.3, -0.25) is 4.98 Å². The van der Waals surface area contributed by atoms with Crippen molar-refractivity contribution in [3.63, 3.8) is 0 Å². The number of hydrogen-bond acceptors (Lipinski definition) is 7. The van der Waals surface area contributed by atoms with Crippen LogP contribution in [0.15, 0.2) is 58.1 Å². The zero-order valence-electron chi connectivity index (χ0n) is 16.1. The lowest BCUT2D eigenvalue weighted by Gasteiger charge is -2.23. The average molecular weight is 414 g/mol. The minimum Gasteiger partial charge on any atom is -0.497 e. The lowest BCUT2D eigenvalue weighted by atomic mass is 10.1. The molecule has 1 atom stereocenters. The highest BCUT2D eigenvalue weighted by molar-refractivity contribution is 7.89. The molecule has 0 radical (unpaired) electrons. The molecule has 9 heteroatoms. The molecule has 4 rings (SSSR count). The zero-order valence-corrected chi connectivity index (χ0v) is 16.9. The molecule has 1 unspecified atom stereocenters. The maximum atomic E-state index is 13.1. The molecule has 0 bridgehead atoms. The van der Waals surface area contributed by atoms with Crippen LogP contribution in [0.1, 0.15) is 25.1 Å². The molecule has 0 saturated carbocycles. The van der Waals surface area contributed by atoms with Crippen LogP contribution in [0, 0.1) is 0 Å². The van der Waals surface area contributed by atoms with Gasteiger partial charge in [0.05, 0.1) is 12.0 Å². The number of aryl methyl sites for hydroxylation is 1. The molecule has 1 aromatic carbocycles. The lowest BCUT2D eigenvalue weighted by Crippen LogP contribution is -2.35. The number of hydrogen-bond donors (Lipinski definition) is 0. The Labute approximate surface area is 169 Å². The first kappa shape index (κ1) is 19.5. The van der Waals surface area contributed by atoms with Crippen molar-refractivity contribution in [3.8, 4) is 17.3 Å². The van der Waals surface area contributed by atoms with E-state index in [1.165, 1.54) is 0 Å². The molecule has 0 N–H and O–H groups in total. The number of pyridine rings is 1. The number of nitrogens with zero attached hydrogens (tertiary/aromatic N) is 4. The summed E-state index contributed by atoms with van der Waals surface area (Å²) in [4.78, 5) is 8.86. The topological polar surface area (TPSA) is 98.4 Å². The number of methoxy groups -OCH3 is 1. The van der Waals surface area contributed by atoms with Crippen LogP contribution in [0.5, 0.6) is 5.75 Å². The maximum Gasteiger partial charge on any atom is 0.276 e. The Morgan fingerprint density at radius 2 is 2.03 bits per heavy atom. The summed E-state index contributed by atoms with van der Waals surface area (Å²) in [6, 6.07) is 11.9. The summed E-state index contributed by atoms with van der Waals surface area (Å²) in [5.41, 5.74) is 0.621. The van der Waals surface area contributed by atoms with Crippen LogP contribution in [0.4, 0.5) is 0 Å². The first-order chi connectivity index (χ1) is 14.1. The number of rotatable bonds is 7. The molecule has 1 aliphatic rings. The van der Waals surface area contributed by atoms with Gasteiger partial charge in [-0.2, -0.15) is 9.29 Å². The van der Waals surface area contributed by atoms with Crippen LogP contribution in [0.3, 0.4) is 0 Å². The standard InChI is InChI=1S/C20H22N4O4S/c1-27-16-8-10-17(11-9-16)29(25,26)24-14-4-5-15(24)7-12-19-22-20(28-23-19)18-6-2-3-13-21-18/h2-3,6,8-11,13,15H,4-5,7,12,14H2,1H3. The molecule has 1 fully saturated rings. The quantitative estimate of drug-likeness (QED) is 0.586. The van der Waals surface area contributed by atoms with E-state index in [4.69, 9.17) is 9.26 Å². The Hall–Kier alpha value is -2.78. The van der Waals surface area contributed by atoms with E-state index < -0.39 is 10.0 Å². The fraction of sp³-hybridized carbons (Fsp3) is 0.350. The predicted octanol–water partition coefficient (Wildman–Crippen LogP) is 2.93. The molecule has 0 aliphatic carbocycles. The Morgan fingerprint density at radius 3 is 2.76 bits per heavy atom. The second-order valence-corrected chi connectivity index (χ2v) is 8.75. The van der Waals surface area contributed by atoms with Crippen LogP contribution in [0.25, 0.3) is 11.6 Å². The van der Waals surface area contributed by atoms with Gasteiger partial charge in [0, 0.05) is 25.2 Å². The summed E-state index contributed by atoms with van der Waals surface area (Å²) in [5.74, 6) is 1.55. The number of benzene rings is 1. The molecule has 29 heavy (non-hydrogen) atoms. The van der Waals surface area contributed by atoms with Crippen molar-refractivity contribution < 1.29 is 17.7 Å². The minimum absolute atomic E-state index is 0.0844. The smallest absolute Gasteiger partial charge is 0.276 e. The van der Waals surface area contributed by atoms with E-state index in [9.17, 15) is 8.42 Å². The molecule has 8 nitrogen and oxygen atoms in total. The SMILES string of the molecule is COc1ccc(S(=O)(=O)N2CCCC2CCc2noc(-c3ccccn3)n2)cc1. The number of sulfonamides is 1. The molecule has 1 aliphatic heterocycles. The van der Waals surface area contributed by atoms with Crippen molar-refractivity contribution in [1.29, 1.82) is 0 Å². The second kappa shape index (κ2) is 8.30. The second-order valence-electron chi connectivity index (χ2n) is 6.86. The van der Waals surface area contributed by atoms with E-state index in [1.807, 2.05) is 12.1 Å². The molecule has 0 spiro atoms. The molecule has 1 saturated heterocycles. The molecule has 0 amide bonds. The van der Waals surface area contributed by atoms with Gasteiger partial charge in [0.15, 0.2) is 5.82 Å². The van der Waals surface area contributed by atoms with Crippen molar-refractivity contribution in [2.45, 2.75) is 36.6 Å². The summed E-state index contributed by atoms with van der Waals surface area (Å²) in [5, 5.41) is 4.01. The fourth-order valence-corrected chi connectivity index (χ4v) is 5.27. The maximum absolute atomic E-state index is 13.1. The van der Waals surface area contributed by atoms with Crippen molar-refractivity contribution in [1.82, 2.24) is 19.4 Å². The van der Waals surface area contributed by atoms with E-state index in [-0.39, 0.29) is 10.9 Å². The van der Waals surface area contributed by atoms with Gasteiger partial charge < -0.3 is 9.26 Å². The molecular formula is C20H22N4O4S. The van der Waals surface area contributed by atoms with Gasteiger partial charge in [0.25, 0.3) is 5.89 Å². The Kier molecular flexibility index (Phi) is 5.59. The first-order valence-electron chi connectivity index (χ1n) is 9.48. The van der Waals surface area contributed by atoms with Crippen LogP contribution in [-0.4, -0.2) is 47.5 Å². The monoisotopic (exact) mass is 414 g/mol. The van der Waals surface area contributed by atoms with Gasteiger partial charge in [-0.05, 0) is 55.7 Å². The van der Waals surface area contributed by atoms with Gasteiger partial charge in [0.1, 0.15) is 11.4 Å². The third-order valence-electron chi connectivity index (χ3n) is 5.04. The van der Waals surface area contributed by atoms with Gasteiger partial charge in [0.2, 0.25) is 10.0 Å². The Bertz CT molecular complexity index is 1050. The summed E-state index contributed by atoms with van der Waals surface area (Å²) in [7, 11) is -2.00. The van der Waals surface area contributed by atoms with E-state index in [0.29, 0.717) is 42.5 Å². The third-order valence-corrected chi connectivity index (χ3v) is 7.01. The molecule has 2 aromatic heterocycles. The molecule has 152 valence electrons. The zero-order chi connectivity index (χ0) is 20.3. The largest absolute Gasteiger partial charge is 0.497 e. The Balaban J connectivity index is 1.44. The normalized spacial score (nSPS) is 17.5. The van der Waals surface area contributed by atoms with Crippen molar-refractivity contribution in [3.05, 3.63) is 54.5 Å². The molecular weight excluding hydrogens is 392 g/mol. The highest BCUT2D eigenvalue weighted by Crippen LogP contribution is 2.29. The summed E-state index contributed by atoms with van der Waals surface area (Å²) in [6.07, 6.45) is 4.50. The summed E-state index contributed by atoms with van der Waals surface area (Å²) >= 11 is 0. The molecule has 3 aromatic rings. The van der Waals surface area contributed by atoms with Gasteiger partial charge in [-0.15, -0.1) is 0 Å². The first-order valence-corrected chi connectivity index (χ1v) is 10.9. The predicted molar refractivity (Wildman–Crippen MR) is 106 cm³/mol. The van der Waals surface area contributed by atoms with Gasteiger partial charge in [-0.25, -0.2) is 8.42 Å². The average Bonchev–Trinajstić information content (AvgIpc) is 3.43. The van der Waals surface area contributed by atoms with Gasteiger partial charge in [-0.1, -0.05) is 11.2 Å². The van der Waals surface area contributed by atoms with Crippen molar-refractivity contribution >= 4 is 10.0 Å². The lowest BCUT2D eigenvalue weighted by molar-refractivity contribution is 0.364. The van der Waals surface area contributed by atoms with Gasteiger partial charge >= 0.3 is 0 Å². The van der Waals surface area contributed by atoms with E-state index in [0.717, 1.165) is 12.8 Å². The number of aromatic nitrogens is 3. The van der Waals surface area contributed by atoms with E-state index in [1.54, 1.807) is 47.9 Å². The minimum atomic E-state index is -3.55. The highest BCUT2D eigenvalue weighted by atomic mass is 32.2.